The molecule has 8 heteroatoms. The summed E-state index contributed by atoms with van der Waals surface area (Å²) in [6.07, 6.45) is 17.7. The second-order valence-corrected chi connectivity index (χ2v) is 11.2. The summed E-state index contributed by atoms with van der Waals surface area (Å²) in [6.45, 7) is 5.08. The van der Waals surface area contributed by atoms with Gasteiger partial charge in [-0.05, 0) is 18.9 Å². The zero-order valence-electron chi connectivity index (χ0n) is 23.6. The summed E-state index contributed by atoms with van der Waals surface area (Å²) in [7, 11) is 0. The van der Waals surface area contributed by atoms with Crippen LogP contribution in [0.3, 0.4) is 0 Å². The number of unbranched alkanes of at least 4 members (excludes halogenated alkanes) is 10. The van der Waals surface area contributed by atoms with Gasteiger partial charge in [0.25, 0.3) is 0 Å². The van der Waals surface area contributed by atoms with Crippen molar-refractivity contribution in [1.82, 2.24) is 0 Å². The van der Waals surface area contributed by atoms with Crippen LogP contribution in [0.2, 0.25) is 0 Å². The number of ether oxygens (including phenoxy) is 5. The molecule has 0 N–H and O–H groups in total. The molecule has 3 aliphatic heterocycles. The lowest BCUT2D eigenvalue weighted by Gasteiger charge is -2.42. The normalized spacial score (nSPS) is 29.1. The molecule has 3 aliphatic rings. The summed E-state index contributed by atoms with van der Waals surface area (Å²) in [5.74, 6) is -2.06. The lowest BCUT2D eigenvalue weighted by molar-refractivity contribution is -0.286. The standard InChI is InChI=1S/C30H48O8/c1-4-5-6-7-8-9-10-11-12-13-14-15-24(34-22(2)31)18-25-19-26(35-23(3)32)20-30(37-25)21-28-27(38-30)16-17-29(33)36-28/h16-17,24-28H,4-15,18-21H2,1-3H3. The van der Waals surface area contributed by atoms with E-state index in [1.54, 1.807) is 6.08 Å². The number of carbonyl (C=O) groups is 3. The summed E-state index contributed by atoms with van der Waals surface area (Å²) < 4.78 is 29.4. The van der Waals surface area contributed by atoms with Crippen molar-refractivity contribution in [2.45, 2.75) is 160 Å². The molecular formula is C30H48O8. The monoisotopic (exact) mass is 536 g/mol. The van der Waals surface area contributed by atoms with Crippen LogP contribution in [-0.4, -0.2) is 54.2 Å². The van der Waals surface area contributed by atoms with Crippen molar-refractivity contribution in [1.29, 1.82) is 0 Å². The van der Waals surface area contributed by atoms with Gasteiger partial charge >= 0.3 is 17.9 Å². The molecule has 0 aliphatic carbocycles. The lowest BCUT2D eigenvalue weighted by atomic mass is 9.91. The average molecular weight is 537 g/mol. The number of esters is 3. The maximum absolute atomic E-state index is 11.8. The van der Waals surface area contributed by atoms with Crippen LogP contribution in [0, 0.1) is 0 Å². The van der Waals surface area contributed by atoms with Crippen LogP contribution in [0.4, 0.5) is 0 Å². The SMILES string of the molecule is CCCCCCCCCCCCCC(CC1CC(OC(C)=O)CC2(CC3OC(=O)C=CC3O2)O1)OC(C)=O. The van der Waals surface area contributed by atoms with Gasteiger partial charge in [-0.15, -0.1) is 0 Å². The van der Waals surface area contributed by atoms with E-state index in [2.05, 4.69) is 6.92 Å². The van der Waals surface area contributed by atoms with Crippen LogP contribution < -0.4 is 0 Å². The molecule has 3 heterocycles. The van der Waals surface area contributed by atoms with Crippen LogP contribution in [0.15, 0.2) is 12.2 Å². The molecule has 0 bridgehead atoms. The Labute approximate surface area is 228 Å². The minimum atomic E-state index is -1.01. The number of fused-ring (bicyclic) bond motifs is 1. The third kappa shape index (κ3) is 10.3. The molecule has 1 spiro atoms. The first kappa shape index (κ1) is 30.6. The summed E-state index contributed by atoms with van der Waals surface area (Å²) in [6, 6.07) is 0. The number of hydrogen-bond donors (Lipinski definition) is 0. The topological polar surface area (TPSA) is 97.4 Å². The van der Waals surface area contributed by atoms with E-state index in [1.165, 1.54) is 77.7 Å². The first-order valence-corrected chi connectivity index (χ1v) is 14.9. The molecule has 0 aromatic rings. The fraction of sp³-hybridized carbons (Fsp3) is 0.833. The smallest absolute Gasteiger partial charge is 0.330 e. The highest BCUT2D eigenvalue weighted by atomic mass is 16.7. The predicted octanol–water partition coefficient (Wildman–Crippen LogP) is 6.09. The minimum Gasteiger partial charge on any atom is -0.462 e. The van der Waals surface area contributed by atoms with Crippen LogP contribution in [0.5, 0.6) is 0 Å². The molecule has 3 rings (SSSR count). The Bertz CT molecular complexity index is 795. The Balaban J connectivity index is 1.47. The van der Waals surface area contributed by atoms with Crippen molar-refractivity contribution >= 4 is 17.9 Å². The van der Waals surface area contributed by atoms with Crippen LogP contribution in [-0.2, 0) is 38.1 Å². The molecular weight excluding hydrogens is 488 g/mol. The quantitative estimate of drug-likeness (QED) is 0.133. The van der Waals surface area contributed by atoms with Crippen molar-refractivity contribution in [2.24, 2.45) is 0 Å². The summed E-state index contributed by atoms with van der Waals surface area (Å²) in [4.78, 5) is 35.3. The minimum absolute atomic E-state index is 0.273. The zero-order valence-corrected chi connectivity index (χ0v) is 23.6. The summed E-state index contributed by atoms with van der Waals surface area (Å²) in [5.41, 5.74) is 0. The van der Waals surface area contributed by atoms with E-state index in [0.29, 0.717) is 25.7 Å². The molecule has 38 heavy (non-hydrogen) atoms. The molecule has 6 unspecified atom stereocenters. The van der Waals surface area contributed by atoms with Gasteiger partial charge in [-0.3, -0.25) is 9.59 Å². The first-order valence-electron chi connectivity index (χ1n) is 14.9. The third-order valence-electron chi connectivity index (χ3n) is 7.69. The van der Waals surface area contributed by atoms with Gasteiger partial charge < -0.3 is 23.7 Å². The van der Waals surface area contributed by atoms with Crippen molar-refractivity contribution < 1.29 is 38.1 Å². The predicted molar refractivity (Wildman–Crippen MR) is 142 cm³/mol. The fourth-order valence-electron chi connectivity index (χ4n) is 6.02. The molecule has 216 valence electrons. The molecule has 8 nitrogen and oxygen atoms in total. The fourth-order valence-corrected chi connectivity index (χ4v) is 6.02. The molecule has 2 fully saturated rings. The number of carbonyl (C=O) groups excluding carboxylic acids is 3. The Kier molecular flexibility index (Phi) is 12.6. The maximum atomic E-state index is 11.8. The van der Waals surface area contributed by atoms with Gasteiger partial charge in [-0.2, -0.15) is 0 Å². The average Bonchev–Trinajstić information content (AvgIpc) is 3.17. The number of hydrogen-bond acceptors (Lipinski definition) is 8. The Hall–Kier alpha value is -1.93. The van der Waals surface area contributed by atoms with Gasteiger partial charge in [0.15, 0.2) is 5.79 Å². The largest absolute Gasteiger partial charge is 0.462 e. The molecule has 0 aromatic heterocycles. The van der Waals surface area contributed by atoms with Gasteiger partial charge in [0.05, 0.1) is 6.10 Å². The van der Waals surface area contributed by atoms with Crippen LogP contribution in [0.25, 0.3) is 0 Å². The van der Waals surface area contributed by atoms with E-state index in [0.717, 1.165) is 19.3 Å². The molecule has 0 saturated carbocycles. The van der Waals surface area contributed by atoms with Gasteiger partial charge in [-0.1, -0.05) is 71.1 Å². The van der Waals surface area contributed by atoms with E-state index in [-0.39, 0.29) is 36.4 Å². The lowest BCUT2D eigenvalue weighted by Crippen LogP contribution is -2.48. The van der Waals surface area contributed by atoms with Crippen molar-refractivity contribution in [3.63, 3.8) is 0 Å². The van der Waals surface area contributed by atoms with Gasteiger partial charge in [-0.25, -0.2) is 4.79 Å². The molecule has 0 amide bonds. The molecule has 2 saturated heterocycles. The van der Waals surface area contributed by atoms with Gasteiger partial charge in [0, 0.05) is 45.6 Å². The zero-order chi connectivity index (χ0) is 27.4. The highest BCUT2D eigenvalue weighted by molar-refractivity contribution is 5.83. The number of rotatable bonds is 16. The van der Waals surface area contributed by atoms with E-state index in [4.69, 9.17) is 23.7 Å². The third-order valence-corrected chi connectivity index (χ3v) is 7.69. The van der Waals surface area contributed by atoms with Crippen molar-refractivity contribution in [2.75, 3.05) is 0 Å². The van der Waals surface area contributed by atoms with Crippen molar-refractivity contribution in [3.05, 3.63) is 12.2 Å². The Morgan fingerprint density at radius 3 is 2.24 bits per heavy atom. The van der Waals surface area contributed by atoms with Gasteiger partial charge in [0.2, 0.25) is 0 Å². The maximum Gasteiger partial charge on any atom is 0.330 e. The summed E-state index contributed by atoms with van der Waals surface area (Å²) >= 11 is 0. The Morgan fingerprint density at radius 1 is 0.947 bits per heavy atom. The van der Waals surface area contributed by atoms with E-state index < -0.39 is 17.9 Å². The highest BCUT2D eigenvalue weighted by Crippen LogP contribution is 2.44. The molecule has 0 radical (unpaired) electrons. The van der Waals surface area contributed by atoms with E-state index >= 15 is 0 Å². The van der Waals surface area contributed by atoms with E-state index in [9.17, 15) is 14.4 Å². The van der Waals surface area contributed by atoms with Gasteiger partial charge in [0.1, 0.15) is 24.4 Å². The highest BCUT2D eigenvalue weighted by Gasteiger charge is 2.54. The van der Waals surface area contributed by atoms with Crippen molar-refractivity contribution in [3.8, 4) is 0 Å². The van der Waals surface area contributed by atoms with Crippen LogP contribution >= 0.6 is 0 Å². The molecule has 0 aromatic carbocycles. The van der Waals surface area contributed by atoms with Crippen LogP contribution in [0.1, 0.15) is 124 Å². The first-order chi connectivity index (χ1) is 18.3. The second kappa shape index (κ2) is 15.6. The Morgan fingerprint density at radius 2 is 1.61 bits per heavy atom. The second-order valence-electron chi connectivity index (χ2n) is 11.2. The molecule has 6 atom stereocenters. The summed E-state index contributed by atoms with van der Waals surface area (Å²) in [5, 5.41) is 0. The van der Waals surface area contributed by atoms with E-state index in [1.807, 2.05) is 0 Å².